The minimum Gasteiger partial charge on any atom is -0.481 e. The summed E-state index contributed by atoms with van der Waals surface area (Å²) in [5.74, 6) is 0.762. The third kappa shape index (κ3) is 1.48. The van der Waals surface area contributed by atoms with Gasteiger partial charge in [0, 0.05) is 6.61 Å². The first-order valence-electron chi connectivity index (χ1n) is 6.08. The van der Waals surface area contributed by atoms with Crippen molar-refractivity contribution < 1.29 is 14.6 Å². The number of hydrogen-bond donors (Lipinski definition) is 1. The quantitative estimate of drug-likeness (QED) is 0.720. The number of carboxylic acid groups (broad SMARTS) is 1. The van der Waals surface area contributed by atoms with E-state index in [-0.39, 0.29) is 11.5 Å². The minimum atomic E-state index is -0.625. The highest BCUT2D eigenvalue weighted by Gasteiger charge is 2.57. The molecule has 3 nitrogen and oxygen atoms in total. The second kappa shape index (κ2) is 3.21. The largest absolute Gasteiger partial charge is 0.481 e. The van der Waals surface area contributed by atoms with Crippen molar-refractivity contribution in [3.05, 3.63) is 0 Å². The number of carboxylic acids is 1. The summed E-state index contributed by atoms with van der Waals surface area (Å²) < 4.78 is 5.98. The van der Waals surface area contributed by atoms with E-state index >= 15 is 0 Å². The standard InChI is InChI=1S/C12H18O3/c13-11(14)9-2-1-4-12(7-9)10-6-8(10)3-5-15-12/h8-10H,1-7H2,(H,13,14)/t8-,9?,10-,12?/m1/s1. The van der Waals surface area contributed by atoms with Gasteiger partial charge < -0.3 is 9.84 Å². The second-order valence-corrected chi connectivity index (χ2v) is 5.44. The van der Waals surface area contributed by atoms with Gasteiger partial charge in [0.2, 0.25) is 0 Å². The van der Waals surface area contributed by atoms with Crippen LogP contribution in [0.4, 0.5) is 0 Å². The van der Waals surface area contributed by atoms with Gasteiger partial charge in [-0.05, 0) is 50.4 Å². The molecule has 1 N–H and O–H groups in total. The van der Waals surface area contributed by atoms with Crippen molar-refractivity contribution in [2.75, 3.05) is 6.61 Å². The molecular weight excluding hydrogens is 192 g/mol. The predicted molar refractivity (Wildman–Crippen MR) is 54.5 cm³/mol. The third-order valence-corrected chi connectivity index (χ3v) is 4.57. The summed E-state index contributed by atoms with van der Waals surface area (Å²) in [5, 5.41) is 9.10. The van der Waals surface area contributed by atoms with Crippen LogP contribution < -0.4 is 0 Å². The fourth-order valence-electron chi connectivity index (χ4n) is 3.68. The van der Waals surface area contributed by atoms with Crippen molar-refractivity contribution in [2.45, 2.75) is 44.1 Å². The van der Waals surface area contributed by atoms with Gasteiger partial charge in [-0.25, -0.2) is 0 Å². The first kappa shape index (κ1) is 9.64. The Morgan fingerprint density at radius 3 is 3.07 bits per heavy atom. The zero-order valence-corrected chi connectivity index (χ0v) is 8.95. The Morgan fingerprint density at radius 1 is 1.40 bits per heavy atom. The lowest BCUT2D eigenvalue weighted by Gasteiger charge is -2.42. The normalized spacial score (nSPS) is 48.7. The summed E-state index contributed by atoms with van der Waals surface area (Å²) in [5.41, 5.74) is -0.0375. The van der Waals surface area contributed by atoms with E-state index in [1.54, 1.807) is 0 Å². The van der Waals surface area contributed by atoms with Crippen LogP contribution in [-0.4, -0.2) is 23.3 Å². The van der Waals surface area contributed by atoms with E-state index in [1.807, 2.05) is 0 Å². The maximum Gasteiger partial charge on any atom is 0.306 e. The second-order valence-electron chi connectivity index (χ2n) is 5.44. The predicted octanol–water partition coefficient (Wildman–Crippen LogP) is 2.06. The Bertz CT molecular complexity index is 285. The molecule has 2 unspecified atom stereocenters. The number of carbonyl (C=O) groups is 1. The van der Waals surface area contributed by atoms with Gasteiger partial charge in [0.15, 0.2) is 0 Å². The number of ether oxygens (including phenoxy) is 1. The van der Waals surface area contributed by atoms with Gasteiger partial charge in [-0.15, -0.1) is 0 Å². The lowest BCUT2D eigenvalue weighted by molar-refractivity contribution is -0.155. The summed E-state index contributed by atoms with van der Waals surface area (Å²) in [6.45, 7) is 0.855. The van der Waals surface area contributed by atoms with E-state index in [0.717, 1.165) is 38.2 Å². The van der Waals surface area contributed by atoms with E-state index in [2.05, 4.69) is 0 Å². The highest BCUT2D eigenvalue weighted by molar-refractivity contribution is 5.70. The molecule has 0 radical (unpaired) electrons. The van der Waals surface area contributed by atoms with E-state index in [9.17, 15) is 4.79 Å². The van der Waals surface area contributed by atoms with Gasteiger partial charge >= 0.3 is 5.97 Å². The molecule has 0 amide bonds. The van der Waals surface area contributed by atoms with Crippen LogP contribution in [0.3, 0.4) is 0 Å². The summed E-state index contributed by atoms with van der Waals surface area (Å²) in [6, 6.07) is 0. The Labute approximate surface area is 89.8 Å². The molecule has 4 atom stereocenters. The van der Waals surface area contributed by atoms with Crippen LogP contribution in [0.1, 0.15) is 38.5 Å². The molecule has 3 rings (SSSR count). The summed E-state index contributed by atoms with van der Waals surface area (Å²) in [7, 11) is 0. The van der Waals surface area contributed by atoms with Crippen molar-refractivity contribution in [3.8, 4) is 0 Å². The van der Waals surface area contributed by atoms with Crippen molar-refractivity contribution in [3.63, 3.8) is 0 Å². The fourth-order valence-corrected chi connectivity index (χ4v) is 3.68. The van der Waals surface area contributed by atoms with Crippen LogP contribution in [-0.2, 0) is 9.53 Å². The lowest BCUT2D eigenvalue weighted by atomic mass is 9.74. The first-order valence-corrected chi connectivity index (χ1v) is 6.08. The van der Waals surface area contributed by atoms with Crippen molar-refractivity contribution in [2.24, 2.45) is 17.8 Å². The zero-order chi connectivity index (χ0) is 10.5. The number of rotatable bonds is 1. The number of fused-ring (bicyclic) bond motifs is 2. The first-order chi connectivity index (χ1) is 7.21. The molecule has 84 valence electrons. The molecule has 2 aliphatic carbocycles. The smallest absolute Gasteiger partial charge is 0.306 e. The summed E-state index contributed by atoms with van der Waals surface area (Å²) in [4.78, 5) is 11.0. The van der Waals surface area contributed by atoms with Gasteiger partial charge in [0.1, 0.15) is 0 Å². The van der Waals surface area contributed by atoms with Crippen LogP contribution in [0.5, 0.6) is 0 Å². The monoisotopic (exact) mass is 210 g/mol. The topological polar surface area (TPSA) is 46.5 Å². The minimum absolute atomic E-state index is 0.0375. The Balaban J connectivity index is 1.77. The Kier molecular flexibility index (Phi) is 2.06. The highest BCUT2D eigenvalue weighted by atomic mass is 16.5. The van der Waals surface area contributed by atoms with Gasteiger partial charge in [0.05, 0.1) is 11.5 Å². The fraction of sp³-hybridized carbons (Fsp3) is 0.917. The molecule has 0 aromatic carbocycles. The van der Waals surface area contributed by atoms with Crippen LogP contribution in [0, 0.1) is 17.8 Å². The zero-order valence-electron chi connectivity index (χ0n) is 8.95. The molecule has 3 fully saturated rings. The molecule has 1 heterocycles. The molecule has 0 aromatic heterocycles. The molecule has 3 heteroatoms. The van der Waals surface area contributed by atoms with E-state index < -0.39 is 5.97 Å². The lowest BCUT2D eigenvalue weighted by Crippen LogP contribution is -2.45. The van der Waals surface area contributed by atoms with Crippen molar-refractivity contribution in [1.82, 2.24) is 0 Å². The van der Waals surface area contributed by atoms with E-state index in [0.29, 0.717) is 5.92 Å². The highest BCUT2D eigenvalue weighted by Crippen LogP contribution is 2.58. The van der Waals surface area contributed by atoms with E-state index in [1.165, 1.54) is 12.8 Å². The van der Waals surface area contributed by atoms with Gasteiger partial charge in [0.25, 0.3) is 0 Å². The van der Waals surface area contributed by atoms with Crippen LogP contribution in [0.25, 0.3) is 0 Å². The van der Waals surface area contributed by atoms with Crippen molar-refractivity contribution >= 4 is 5.97 Å². The summed E-state index contributed by atoms with van der Waals surface area (Å²) in [6.07, 6.45) is 6.22. The molecule has 1 spiro atoms. The molecule has 2 saturated carbocycles. The number of aliphatic carboxylic acids is 1. The molecule has 0 aromatic rings. The third-order valence-electron chi connectivity index (χ3n) is 4.57. The molecule has 0 bridgehead atoms. The average Bonchev–Trinajstić information content (AvgIpc) is 2.99. The van der Waals surface area contributed by atoms with Crippen molar-refractivity contribution in [1.29, 1.82) is 0 Å². The average molecular weight is 210 g/mol. The maximum atomic E-state index is 11.0. The number of hydrogen-bond acceptors (Lipinski definition) is 2. The molecule has 1 aliphatic heterocycles. The molecule has 3 aliphatic rings. The molecule has 15 heavy (non-hydrogen) atoms. The van der Waals surface area contributed by atoms with Crippen LogP contribution in [0.15, 0.2) is 0 Å². The SMILES string of the molecule is O=C(O)C1CCCC2(C1)OCC[C@@H]1C[C@H]12. The van der Waals surface area contributed by atoms with Crippen LogP contribution in [0.2, 0.25) is 0 Å². The summed E-state index contributed by atoms with van der Waals surface area (Å²) >= 11 is 0. The van der Waals surface area contributed by atoms with E-state index in [4.69, 9.17) is 9.84 Å². The van der Waals surface area contributed by atoms with Gasteiger partial charge in [-0.1, -0.05) is 0 Å². The molecular formula is C12H18O3. The van der Waals surface area contributed by atoms with Gasteiger partial charge in [-0.2, -0.15) is 0 Å². The molecule has 1 saturated heterocycles. The Morgan fingerprint density at radius 2 is 2.27 bits per heavy atom. The van der Waals surface area contributed by atoms with Gasteiger partial charge in [-0.3, -0.25) is 4.79 Å². The van der Waals surface area contributed by atoms with Crippen LogP contribution >= 0.6 is 0 Å². The maximum absolute atomic E-state index is 11.0. The Hall–Kier alpha value is -0.570.